The fourth-order valence-electron chi connectivity index (χ4n) is 13.7. The fraction of sp³-hybridized carbons (Fsp3) is 0.750. The Morgan fingerprint density at radius 1 is 0.774 bits per heavy atom. The molecule has 1 aromatic heterocycles. The molecule has 7 rings (SSSR count). The van der Waals surface area contributed by atoms with E-state index in [1.165, 1.54) is 0 Å². The molecule has 0 aromatic carbocycles. The summed E-state index contributed by atoms with van der Waals surface area (Å²) < 4.78 is 78.6. The number of Topliss-reactive ketones (excluding diaryl/α,β-unsaturated/α-hetero) is 1. The molecule has 6 aliphatic rings. The highest BCUT2D eigenvalue weighted by atomic mass is 32.2. The van der Waals surface area contributed by atoms with E-state index < -0.39 is 150 Å². The molecule has 93 heavy (non-hydrogen) atoms. The van der Waals surface area contributed by atoms with E-state index in [1.807, 2.05) is 19.9 Å². The van der Waals surface area contributed by atoms with Crippen molar-refractivity contribution >= 4 is 63.0 Å². The number of carbonyl (C=O) groups is 9. The lowest BCUT2D eigenvalue weighted by molar-refractivity contribution is -0.201. The smallest absolute Gasteiger partial charge is 0.266 e. The molecule has 3 saturated carbocycles. The molecule has 0 spiro atoms. The summed E-state index contributed by atoms with van der Waals surface area (Å²) >= 11 is 0. The standard InChI is InChI=1S/C60H92N10O22S/c1-4-8-54-91-47-28-41-40-12-11-38-27-39(72)13-15-58(38,2)55(40)44(73)29-59(41,3)60(47,92-54)46(74)35-89-37-66-52(79)32-64-50(77)30-62-49(76)31-63-51(78)33-65-57(81)42(34-71)67-53(80)36-90-45-10-7-5-6-9-43-56(45)68-69-70(43)17-19-86-21-23-88-25-24-87-22-20-85-18-14-48(75)61-16-26-93(82,83)84/h13,15,27,40-42,44-45,47,54-55,71,73H,4-12,14,16-26,28-37H2,1-3H3,(H,61,75)(H,62,76)(H,63,78)(H,64,77)(H,65,81)(H,66,79)(H,67,80)(H,82,83,84)/t40-,41-,42-,44-,45?,47+,54?,55?,58-,59-,60+/m0/s1. The first-order valence-electron chi connectivity index (χ1n) is 31.9. The van der Waals surface area contributed by atoms with Crippen LogP contribution in [-0.4, -0.2) is 239 Å². The predicted molar refractivity (Wildman–Crippen MR) is 324 cm³/mol. The minimum Gasteiger partial charge on any atom is -0.394 e. The van der Waals surface area contributed by atoms with Crippen LogP contribution >= 0.6 is 0 Å². The third kappa shape index (κ3) is 20.4. The van der Waals surface area contributed by atoms with E-state index in [0.717, 1.165) is 43.4 Å². The summed E-state index contributed by atoms with van der Waals surface area (Å²) in [5.74, 6) is -6.12. The van der Waals surface area contributed by atoms with Crippen LogP contribution in [0.25, 0.3) is 0 Å². The number of fused-ring (bicyclic) bond motifs is 8. The van der Waals surface area contributed by atoms with E-state index in [-0.39, 0.29) is 75.3 Å². The van der Waals surface area contributed by atoms with Crippen LogP contribution in [0, 0.1) is 28.6 Å². The van der Waals surface area contributed by atoms with Crippen LogP contribution in [0.2, 0.25) is 0 Å². The maximum absolute atomic E-state index is 14.5. The number of nitrogens with zero attached hydrogens (tertiary/aromatic N) is 3. The number of ether oxygens (including phenoxy) is 8. The summed E-state index contributed by atoms with van der Waals surface area (Å²) in [6.07, 6.45) is 10.1. The second kappa shape index (κ2) is 35.5. The Balaban J connectivity index is 0.716. The number of ketones is 2. The molecule has 0 bridgehead atoms. The molecule has 7 amide bonds. The van der Waals surface area contributed by atoms with Crippen LogP contribution in [0.5, 0.6) is 0 Å². The van der Waals surface area contributed by atoms with Gasteiger partial charge in [0.25, 0.3) is 10.1 Å². The zero-order valence-electron chi connectivity index (χ0n) is 53.1. The van der Waals surface area contributed by atoms with Crippen molar-refractivity contribution in [1.29, 1.82) is 0 Å². The van der Waals surface area contributed by atoms with Crippen LogP contribution < -0.4 is 37.2 Å². The van der Waals surface area contributed by atoms with Gasteiger partial charge >= 0.3 is 0 Å². The maximum Gasteiger partial charge on any atom is 0.266 e. The fourth-order valence-corrected chi connectivity index (χ4v) is 14.0. The Bertz CT molecular complexity index is 2950. The van der Waals surface area contributed by atoms with Crippen molar-refractivity contribution in [3.63, 3.8) is 0 Å². The summed E-state index contributed by atoms with van der Waals surface area (Å²) in [6, 6.07) is -1.45. The largest absolute Gasteiger partial charge is 0.394 e. The number of rotatable bonds is 39. The van der Waals surface area contributed by atoms with Gasteiger partial charge in [-0.15, -0.1) is 5.10 Å². The molecule has 2 heterocycles. The zero-order chi connectivity index (χ0) is 67.2. The Morgan fingerprint density at radius 2 is 1.42 bits per heavy atom. The maximum atomic E-state index is 14.5. The van der Waals surface area contributed by atoms with Crippen LogP contribution in [0.4, 0.5) is 0 Å². The number of hydrogen-bond donors (Lipinski definition) is 10. The molecule has 520 valence electrons. The van der Waals surface area contributed by atoms with Crippen LogP contribution in [-0.2, 0) is 104 Å². The molecule has 10 N–H and O–H groups in total. The highest BCUT2D eigenvalue weighted by Crippen LogP contribution is 2.69. The van der Waals surface area contributed by atoms with Gasteiger partial charge in [0, 0.05) is 29.7 Å². The lowest BCUT2D eigenvalue weighted by atomic mass is 9.46. The van der Waals surface area contributed by atoms with Crippen LogP contribution in [0.15, 0.2) is 23.8 Å². The molecule has 0 radical (unpaired) electrons. The van der Waals surface area contributed by atoms with Gasteiger partial charge in [-0.05, 0) is 75.4 Å². The quantitative estimate of drug-likeness (QED) is 0.0188. The monoisotopic (exact) mass is 1340 g/mol. The van der Waals surface area contributed by atoms with Gasteiger partial charge < -0.3 is 85.3 Å². The van der Waals surface area contributed by atoms with Gasteiger partial charge in [-0.3, -0.25) is 47.7 Å². The highest BCUT2D eigenvalue weighted by molar-refractivity contribution is 7.85. The van der Waals surface area contributed by atoms with Gasteiger partial charge in [0.1, 0.15) is 37.8 Å². The summed E-state index contributed by atoms with van der Waals surface area (Å²) in [7, 11) is -4.14. The Labute approximate surface area is 539 Å². The normalized spacial score (nSPS) is 26.5. The van der Waals surface area contributed by atoms with E-state index in [4.69, 9.17) is 42.4 Å². The lowest BCUT2D eigenvalue weighted by Crippen LogP contribution is -2.63. The van der Waals surface area contributed by atoms with Gasteiger partial charge in [-0.1, -0.05) is 56.9 Å². The van der Waals surface area contributed by atoms with Crippen molar-refractivity contribution in [3.8, 4) is 0 Å². The van der Waals surface area contributed by atoms with Gasteiger partial charge in [0.05, 0.1) is 116 Å². The first-order chi connectivity index (χ1) is 44.5. The molecule has 1 aromatic rings. The molecule has 33 heteroatoms. The van der Waals surface area contributed by atoms with Gasteiger partial charge in [0.15, 0.2) is 23.5 Å². The minimum atomic E-state index is -4.14. The van der Waals surface area contributed by atoms with E-state index in [0.29, 0.717) is 77.4 Å². The molecule has 1 saturated heterocycles. The minimum absolute atomic E-state index is 0.0287. The molecular formula is C60H92N10O22S. The van der Waals surface area contributed by atoms with Crippen molar-refractivity contribution in [3.05, 3.63) is 35.2 Å². The van der Waals surface area contributed by atoms with Crippen molar-refractivity contribution in [2.45, 2.75) is 141 Å². The second-order valence-corrected chi connectivity index (χ2v) is 26.0. The number of nitrogens with one attached hydrogen (secondary N) is 7. The molecule has 1 aliphatic heterocycles. The first-order valence-corrected chi connectivity index (χ1v) is 33.5. The Kier molecular flexibility index (Phi) is 28.3. The van der Waals surface area contributed by atoms with Crippen molar-refractivity contribution in [2.75, 3.05) is 118 Å². The van der Waals surface area contributed by atoms with Crippen molar-refractivity contribution in [1.82, 2.24) is 52.2 Å². The SMILES string of the molecule is CCCC1O[C@@H]2C[C@H]3[C@@H]4CCC5=CC(=O)C=C[C@]5(C)C4[C@@H](O)C[C@]3(C)[C@]2(C(=O)COCNC(=O)CNC(=O)CNC(=O)CNC(=O)CNC(=O)[C@H](CO)NC(=O)COC2CCCCCc3c2nnn3CCOCCOCCOCCOCCC(=O)NCCS(=O)(=O)O)O1. The molecule has 4 fully saturated rings. The summed E-state index contributed by atoms with van der Waals surface area (Å²) in [5, 5.41) is 47.0. The van der Waals surface area contributed by atoms with Crippen molar-refractivity contribution in [2.24, 2.45) is 28.6 Å². The van der Waals surface area contributed by atoms with E-state index in [2.05, 4.69) is 54.5 Å². The Hall–Kier alpha value is -6.24. The third-order valence-electron chi connectivity index (χ3n) is 18.1. The van der Waals surface area contributed by atoms with Crippen LogP contribution in [0.1, 0.15) is 109 Å². The molecular weight excluding hydrogens is 1240 g/mol. The third-order valence-corrected chi connectivity index (χ3v) is 18.8. The van der Waals surface area contributed by atoms with Crippen molar-refractivity contribution < 1.29 is 104 Å². The Morgan fingerprint density at radius 3 is 2.08 bits per heavy atom. The second-order valence-electron chi connectivity index (χ2n) is 24.4. The van der Waals surface area contributed by atoms with Gasteiger partial charge in [-0.25, -0.2) is 4.68 Å². The van der Waals surface area contributed by atoms with Gasteiger partial charge in [-0.2, -0.15) is 8.42 Å². The zero-order valence-corrected chi connectivity index (χ0v) is 53.9. The number of aromatic nitrogens is 3. The van der Waals surface area contributed by atoms with E-state index >= 15 is 0 Å². The molecule has 5 aliphatic carbocycles. The number of amides is 7. The topological polar surface area (TPSA) is 437 Å². The predicted octanol–water partition coefficient (Wildman–Crippen LogP) is -2.32. The number of hydrogen-bond acceptors (Lipinski definition) is 23. The number of aliphatic hydroxyl groups is 2. The van der Waals surface area contributed by atoms with Gasteiger partial charge in [0.2, 0.25) is 41.4 Å². The average Bonchev–Trinajstić information content (AvgIpc) is 1.54. The summed E-state index contributed by atoms with van der Waals surface area (Å²) in [5.41, 5.74) is -0.268. The number of allylic oxidation sites excluding steroid dienone is 4. The molecule has 11 atom stereocenters. The number of aliphatic hydroxyl groups excluding tert-OH is 2. The number of carbonyl (C=O) groups excluding carboxylic acids is 9. The lowest BCUT2D eigenvalue weighted by Gasteiger charge is -2.59. The molecule has 32 nitrogen and oxygen atoms in total. The van der Waals surface area contributed by atoms with E-state index in [9.17, 15) is 61.8 Å². The van der Waals surface area contributed by atoms with Crippen LogP contribution in [0.3, 0.4) is 0 Å². The highest BCUT2D eigenvalue weighted by Gasteiger charge is 2.75. The first kappa shape index (κ1) is 74.2. The van der Waals surface area contributed by atoms with E-state index in [1.54, 1.807) is 16.8 Å². The summed E-state index contributed by atoms with van der Waals surface area (Å²) in [6.45, 7) is 4.14. The average molecular weight is 1340 g/mol. The summed E-state index contributed by atoms with van der Waals surface area (Å²) in [4.78, 5) is 114. The molecule has 3 unspecified atom stereocenters.